The Morgan fingerprint density at radius 3 is 2.46 bits per heavy atom. The summed E-state index contributed by atoms with van der Waals surface area (Å²) in [6, 6.07) is 9.44. The molecule has 1 aliphatic rings. The smallest absolute Gasteiger partial charge is 0.417 e. The van der Waals surface area contributed by atoms with Crippen molar-refractivity contribution in [3.05, 3.63) is 58.1 Å². The minimum Gasteiger partial charge on any atom is -0.478 e. The van der Waals surface area contributed by atoms with E-state index in [1.165, 1.54) is 30.3 Å². The van der Waals surface area contributed by atoms with Gasteiger partial charge in [-0.2, -0.15) is 18.4 Å². The van der Waals surface area contributed by atoms with Gasteiger partial charge in [-0.05, 0) is 41.1 Å². The van der Waals surface area contributed by atoms with Crippen LogP contribution < -0.4 is 10.1 Å². The Bertz CT molecular complexity index is 1220. The van der Waals surface area contributed by atoms with Crippen LogP contribution in [0, 0.1) is 11.3 Å². The summed E-state index contributed by atoms with van der Waals surface area (Å²) in [4.78, 5) is 11.5. The quantitative estimate of drug-likeness (QED) is 0.411. The zero-order valence-electron chi connectivity index (χ0n) is 13.7. The van der Waals surface area contributed by atoms with Crippen LogP contribution in [0.3, 0.4) is 0 Å². The van der Waals surface area contributed by atoms with Crippen LogP contribution >= 0.6 is 11.6 Å². The Balaban J connectivity index is 1.89. The number of carboxylic acids is 1. The van der Waals surface area contributed by atoms with Crippen LogP contribution in [0.25, 0.3) is 10.8 Å². The maximum Gasteiger partial charge on any atom is 0.417 e. The first-order valence-corrected chi connectivity index (χ1v) is 8.16. The molecule has 0 spiro atoms. The fraction of sp³-hybridized carbons (Fsp3) is 0.0526. The molecule has 140 valence electrons. The van der Waals surface area contributed by atoms with Crippen LogP contribution in [0.5, 0.6) is 11.5 Å². The molecule has 9 heteroatoms. The van der Waals surface area contributed by atoms with Crippen LogP contribution in [-0.2, 0) is 6.18 Å². The van der Waals surface area contributed by atoms with Gasteiger partial charge in [-0.1, -0.05) is 11.6 Å². The number of hydrogen-bond acceptors (Lipinski definition) is 4. The number of rotatable bonds is 1. The third-order valence-electron chi connectivity index (χ3n) is 4.27. The van der Waals surface area contributed by atoms with E-state index in [1.807, 2.05) is 6.07 Å². The van der Waals surface area contributed by atoms with Crippen molar-refractivity contribution in [2.24, 2.45) is 0 Å². The summed E-state index contributed by atoms with van der Waals surface area (Å²) < 4.78 is 45.0. The number of benzene rings is 3. The van der Waals surface area contributed by atoms with Crippen molar-refractivity contribution in [1.82, 2.24) is 0 Å². The third-order valence-corrected chi connectivity index (χ3v) is 4.58. The molecule has 2 N–H and O–H groups in total. The van der Waals surface area contributed by atoms with Crippen LogP contribution in [0.1, 0.15) is 21.5 Å². The third kappa shape index (κ3) is 2.86. The van der Waals surface area contributed by atoms with Gasteiger partial charge in [0, 0.05) is 6.07 Å². The van der Waals surface area contributed by atoms with E-state index in [0.29, 0.717) is 11.1 Å². The number of nitrogens with zero attached hydrogens (tertiary/aromatic N) is 1. The Kier molecular flexibility index (Phi) is 3.87. The zero-order valence-corrected chi connectivity index (χ0v) is 14.4. The molecule has 0 fully saturated rings. The Hall–Kier alpha value is -3.44. The normalized spacial score (nSPS) is 12.4. The highest BCUT2D eigenvalue weighted by molar-refractivity contribution is 6.32. The molecule has 0 saturated carbocycles. The van der Waals surface area contributed by atoms with Crippen molar-refractivity contribution in [3.8, 4) is 17.6 Å². The lowest BCUT2D eigenvalue weighted by atomic mass is 10.0. The molecule has 3 aromatic carbocycles. The molecule has 1 aliphatic heterocycles. The number of nitriles is 1. The lowest BCUT2D eigenvalue weighted by molar-refractivity contribution is -0.137. The molecular weight excluding hydrogens is 397 g/mol. The van der Waals surface area contributed by atoms with Crippen LogP contribution in [0.4, 0.5) is 24.5 Å². The first-order valence-electron chi connectivity index (χ1n) is 7.78. The van der Waals surface area contributed by atoms with Gasteiger partial charge in [0.2, 0.25) is 0 Å². The van der Waals surface area contributed by atoms with Crippen molar-refractivity contribution < 1.29 is 27.8 Å². The molecule has 4 rings (SSSR count). The van der Waals surface area contributed by atoms with Gasteiger partial charge < -0.3 is 15.2 Å². The maximum absolute atomic E-state index is 13.1. The number of nitrogens with one attached hydrogen (secondary N) is 1. The summed E-state index contributed by atoms with van der Waals surface area (Å²) >= 11 is 5.77. The summed E-state index contributed by atoms with van der Waals surface area (Å²) in [5.41, 5.74) is -0.651. The highest BCUT2D eigenvalue weighted by Gasteiger charge is 2.33. The molecule has 0 unspecified atom stereocenters. The molecule has 0 aromatic heterocycles. The zero-order chi connectivity index (χ0) is 20.2. The highest BCUT2D eigenvalue weighted by Crippen LogP contribution is 2.47. The average molecular weight is 405 g/mol. The number of fused-ring (bicyclic) bond motifs is 3. The molecule has 1 heterocycles. The molecule has 3 aromatic rings. The largest absolute Gasteiger partial charge is 0.478 e. The molecule has 0 bridgehead atoms. The van der Waals surface area contributed by atoms with Crippen molar-refractivity contribution in [2.45, 2.75) is 6.18 Å². The number of carboxylic acid groups (broad SMARTS) is 1. The van der Waals surface area contributed by atoms with Crippen molar-refractivity contribution in [3.63, 3.8) is 0 Å². The lowest BCUT2D eigenvalue weighted by Crippen LogP contribution is -2.10. The second kappa shape index (κ2) is 6.04. The first-order chi connectivity index (χ1) is 13.2. The van der Waals surface area contributed by atoms with Crippen LogP contribution in [-0.4, -0.2) is 11.1 Å². The number of ether oxygens (including phenoxy) is 1. The number of carbonyl (C=O) groups is 1. The van der Waals surface area contributed by atoms with Gasteiger partial charge in [0.15, 0.2) is 11.5 Å². The summed E-state index contributed by atoms with van der Waals surface area (Å²) in [6.07, 6.45) is -4.61. The van der Waals surface area contributed by atoms with Gasteiger partial charge in [-0.15, -0.1) is 0 Å². The van der Waals surface area contributed by atoms with E-state index in [9.17, 15) is 23.1 Å². The fourth-order valence-corrected chi connectivity index (χ4v) is 3.29. The maximum atomic E-state index is 13.1. The molecule has 5 nitrogen and oxygen atoms in total. The Morgan fingerprint density at radius 2 is 1.82 bits per heavy atom. The topological polar surface area (TPSA) is 82.4 Å². The molecule has 0 radical (unpaired) electrons. The van der Waals surface area contributed by atoms with Crippen molar-refractivity contribution in [2.75, 3.05) is 5.32 Å². The van der Waals surface area contributed by atoms with Gasteiger partial charge in [0.25, 0.3) is 0 Å². The van der Waals surface area contributed by atoms with E-state index in [1.54, 1.807) is 0 Å². The average Bonchev–Trinajstić information content (AvgIpc) is 2.62. The van der Waals surface area contributed by atoms with E-state index in [4.69, 9.17) is 21.6 Å². The fourth-order valence-electron chi connectivity index (χ4n) is 3.01. The van der Waals surface area contributed by atoms with Gasteiger partial charge >= 0.3 is 12.1 Å². The Labute approximate surface area is 160 Å². The van der Waals surface area contributed by atoms with E-state index in [-0.39, 0.29) is 33.7 Å². The van der Waals surface area contributed by atoms with Gasteiger partial charge in [-0.3, -0.25) is 0 Å². The van der Waals surface area contributed by atoms with Gasteiger partial charge in [-0.25, -0.2) is 4.79 Å². The minimum absolute atomic E-state index is 0.0973. The molecule has 0 atom stereocenters. The Morgan fingerprint density at radius 1 is 1.11 bits per heavy atom. The van der Waals surface area contributed by atoms with Crippen LogP contribution in [0.15, 0.2) is 36.4 Å². The molecule has 0 saturated heterocycles. The van der Waals surface area contributed by atoms with E-state index in [2.05, 4.69) is 5.32 Å². The lowest BCUT2D eigenvalue weighted by Gasteiger charge is -2.24. The summed E-state index contributed by atoms with van der Waals surface area (Å²) in [6.45, 7) is 0. The molecule has 0 amide bonds. The standard InChI is InChI=1S/C19H8ClF3N2O3/c20-13-4-10-6-15-14(5-9(10)3-12(13)19(21,22)23)25-17-11(18(26)27)1-8(7-24)2-16(17)28-15/h1-6,25H,(H,26,27). The SMILES string of the molecule is N#Cc1cc2c(c(C(=O)O)c1)Nc1cc3cc(C(F)(F)F)c(Cl)cc3cc1O2. The number of hydrogen-bond donors (Lipinski definition) is 2. The van der Waals surface area contributed by atoms with E-state index >= 15 is 0 Å². The number of halogens is 4. The summed E-state index contributed by atoms with van der Waals surface area (Å²) in [5.74, 6) is -0.886. The second-order valence-electron chi connectivity index (χ2n) is 6.07. The molecule has 28 heavy (non-hydrogen) atoms. The van der Waals surface area contributed by atoms with Gasteiger partial charge in [0.05, 0.1) is 39.2 Å². The van der Waals surface area contributed by atoms with E-state index < -0.39 is 22.7 Å². The van der Waals surface area contributed by atoms with Crippen molar-refractivity contribution in [1.29, 1.82) is 5.26 Å². The first kappa shape index (κ1) is 17.9. The van der Waals surface area contributed by atoms with Gasteiger partial charge in [0.1, 0.15) is 0 Å². The predicted molar refractivity (Wildman–Crippen MR) is 95.4 cm³/mol. The summed E-state index contributed by atoms with van der Waals surface area (Å²) in [7, 11) is 0. The number of alkyl halides is 3. The second-order valence-corrected chi connectivity index (χ2v) is 6.47. The van der Waals surface area contributed by atoms with E-state index in [0.717, 1.165) is 6.07 Å². The van der Waals surface area contributed by atoms with Crippen molar-refractivity contribution >= 4 is 39.7 Å². The predicted octanol–water partition coefficient (Wildman–Crippen LogP) is 5.93. The van der Waals surface area contributed by atoms with Crippen LogP contribution in [0.2, 0.25) is 5.02 Å². The minimum atomic E-state index is -4.61. The molecule has 0 aliphatic carbocycles. The number of anilines is 2. The highest BCUT2D eigenvalue weighted by atomic mass is 35.5. The summed E-state index contributed by atoms with van der Waals surface area (Å²) in [5, 5.41) is 21.6. The monoisotopic (exact) mass is 404 g/mol. The molecular formula is C19H8ClF3N2O3. The number of aromatic carboxylic acids is 1.